The third-order valence-corrected chi connectivity index (χ3v) is 7.20. The number of rotatable bonds is 8. The van der Waals surface area contributed by atoms with Gasteiger partial charge in [-0.3, -0.25) is 0 Å². The van der Waals surface area contributed by atoms with Crippen LogP contribution in [0, 0.1) is 0 Å². The van der Waals surface area contributed by atoms with Crippen molar-refractivity contribution in [1.82, 2.24) is 14.8 Å². The molecule has 206 valence electrons. The number of ether oxygens (including phenoxy) is 1. The number of alkyl halides is 3. The van der Waals surface area contributed by atoms with Crippen molar-refractivity contribution in [2.75, 3.05) is 0 Å². The van der Waals surface area contributed by atoms with Gasteiger partial charge in [-0.25, -0.2) is 14.5 Å². The van der Waals surface area contributed by atoms with E-state index in [1.54, 1.807) is 30.3 Å². The van der Waals surface area contributed by atoms with E-state index in [0.717, 1.165) is 12.0 Å². The van der Waals surface area contributed by atoms with Crippen LogP contribution in [0.15, 0.2) is 103 Å². The van der Waals surface area contributed by atoms with Crippen molar-refractivity contribution < 1.29 is 27.8 Å². The van der Waals surface area contributed by atoms with Crippen LogP contribution in [0.4, 0.5) is 13.2 Å². The Labute approximate surface area is 233 Å². The second-order valence-corrected chi connectivity index (χ2v) is 9.89. The molecule has 3 aromatic carbocycles. The molecule has 2 aromatic heterocycles. The fourth-order valence-corrected chi connectivity index (χ4v) is 5.10. The number of aromatic carboxylic acids is 1. The van der Waals surface area contributed by atoms with E-state index in [-0.39, 0.29) is 5.82 Å². The second-order valence-electron chi connectivity index (χ2n) is 9.89. The number of carbonyl (C=O) groups is 1. The lowest BCUT2D eigenvalue weighted by Gasteiger charge is -2.14. The smallest absolute Gasteiger partial charge is 0.434 e. The van der Waals surface area contributed by atoms with E-state index in [9.17, 15) is 23.1 Å². The highest BCUT2D eigenvalue weighted by Crippen LogP contribution is 2.54. The normalized spacial score (nSPS) is 16.4. The topological polar surface area (TPSA) is 77.2 Å². The van der Waals surface area contributed by atoms with E-state index in [1.807, 2.05) is 18.2 Å². The average Bonchev–Trinajstić information content (AvgIpc) is 3.64. The zero-order valence-electron chi connectivity index (χ0n) is 21.6. The Morgan fingerprint density at radius 3 is 2.27 bits per heavy atom. The largest absolute Gasteiger partial charge is 0.488 e. The van der Waals surface area contributed by atoms with E-state index in [0.29, 0.717) is 46.3 Å². The fourth-order valence-electron chi connectivity index (χ4n) is 5.10. The lowest BCUT2D eigenvalue weighted by atomic mass is 10.0. The lowest BCUT2D eigenvalue weighted by molar-refractivity contribution is -0.143. The summed E-state index contributed by atoms with van der Waals surface area (Å²) in [6, 6.07) is 30.5. The summed E-state index contributed by atoms with van der Waals surface area (Å²) in [4.78, 5) is 15.7. The van der Waals surface area contributed by atoms with Crippen LogP contribution in [0.25, 0.3) is 17.1 Å². The highest BCUT2D eigenvalue weighted by molar-refractivity contribution is 5.89. The highest BCUT2D eigenvalue weighted by Gasteiger charge is 2.41. The van der Waals surface area contributed by atoms with E-state index in [1.165, 1.54) is 23.3 Å². The predicted octanol–water partition coefficient (Wildman–Crippen LogP) is 7.50. The molecule has 1 aliphatic rings. The molecule has 2 atom stereocenters. The first-order valence-electron chi connectivity index (χ1n) is 13.0. The average molecular weight is 556 g/mol. The number of pyridine rings is 1. The van der Waals surface area contributed by atoms with E-state index >= 15 is 0 Å². The van der Waals surface area contributed by atoms with Gasteiger partial charge in [-0.1, -0.05) is 72.8 Å². The van der Waals surface area contributed by atoms with Crippen molar-refractivity contribution in [2.45, 2.75) is 31.0 Å². The monoisotopic (exact) mass is 555 g/mol. The van der Waals surface area contributed by atoms with E-state index in [2.05, 4.69) is 46.5 Å². The maximum atomic E-state index is 13.7. The molecule has 1 saturated carbocycles. The van der Waals surface area contributed by atoms with Crippen molar-refractivity contribution in [3.63, 3.8) is 0 Å². The molecule has 1 N–H and O–H groups in total. The molecule has 1 aliphatic carbocycles. The van der Waals surface area contributed by atoms with Crippen LogP contribution in [-0.2, 0) is 12.8 Å². The van der Waals surface area contributed by atoms with Crippen molar-refractivity contribution in [3.8, 4) is 22.8 Å². The summed E-state index contributed by atoms with van der Waals surface area (Å²) in [5.41, 5.74) is 2.23. The molecule has 0 aliphatic heterocycles. The molecule has 6 rings (SSSR count). The molecule has 0 amide bonds. The van der Waals surface area contributed by atoms with Gasteiger partial charge in [0.2, 0.25) is 0 Å². The third-order valence-electron chi connectivity index (χ3n) is 7.20. The Kier molecular flexibility index (Phi) is 6.78. The van der Waals surface area contributed by atoms with Crippen LogP contribution in [0.3, 0.4) is 0 Å². The van der Waals surface area contributed by atoms with Gasteiger partial charge in [0, 0.05) is 5.56 Å². The van der Waals surface area contributed by atoms with Gasteiger partial charge in [0.25, 0.3) is 0 Å². The summed E-state index contributed by atoms with van der Waals surface area (Å²) in [7, 11) is 0. The Morgan fingerprint density at radius 1 is 0.878 bits per heavy atom. The van der Waals surface area contributed by atoms with E-state index < -0.39 is 23.4 Å². The van der Waals surface area contributed by atoms with Gasteiger partial charge in [-0.15, -0.1) is 0 Å². The zero-order valence-corrected chi connectivity index (χ0v) is 21.6. The minimum absolute atomic E-state index is 0.165. The maximum Gasteiger partial charge on any atom is 0.434 e. The molecular formula is C32H24F3N3O3. The Bertz CT molecular complexity index is 1700. The summed E-state index contributed by atoms with van der Waals surface area (Å²) < 4.78 is 47.8. The summed E-state index contributed by atoms with van der Waals surface area (Å²) in [5, 5.41) is 12.9. The molecule has 0 bridgehead atoms. The number of para-hydroxylation sites is 1. The standard InChI is InChI=1S/C32H24F3N3O3/c33-32(34,35)30-26(31(39)40)18-36-38(30)29-12-6-10-27(37-29)23-9-4-5-11-28(23)41-19-20-13-15-22(16-14-20)25-17-24(25)21-7-2-1-3-8-21/h1-16,18,24-25H,17,19H2,(H,39,40)/t24-,25?/m1/s1. The molecular weight excluding hydrogens is 531 g/mol. The van der Waals surface area contributed by atoms with Gasteiger partial charge in [0.15, 0.2) is 11.5 Å². The van der Waals surface area contributed by atoms with Gasteiger partial charge in [0.1, 0.15) is 17.9 Å². The summed E-state index contributed by atoms with van der Waals surface area (Å²) >= 11 is 0. The van der Waals surface area contributed by atoms with Gasteiger partial charge in [-0.05, 0) is 59.2 Å². The molecule has 1 unspecified atom stereocenters. The minimum Gasteiger partial charge on any atom is -0.488 e. The first-order valence-corrected chi connectivity index (χ1v) is 13.0. The first-order chi connectivity index (χ1) is 19.8. The fraction of sp³-hybridized carbons (Fsp3) is 0.156. The van der Waals surface area contributed by atoms with Gasteiger partial charge >= 0.3 is 12.1 Å². The summed E-state index contributed by atoms with van der Waals surface area (Å²) in [6.07, 6.45) is -3.13. The SMILES string of the molecule is O=C(O)c1cnn(-c2cccc(-c3ccccc3OCc3ccc(C4C[C@@H]4c4ccccc4)cc3)n2)c1C(F)(F)F. The minimum atomic E-state index is -4.94. The maximum absolute atomic E-state index is 13.7. The molecule has 6 nitrogen and oxygen atoms in total. The number of carboxylic acids is 1. The van der Waals surface area contributed by atoms with Crippen LogP contribution >= 0.6 is 0 Å². The Hall–Kier alpha value is -4.92. The second kappa shape index (κ2) is 10.6. The number of hydrogen-bond donors (Lipinski definition) is 1. The van der Waals surface area contributed by atoms with Crippen LogP contribution in [0.5, 0.6) is 5.75 Å². The number of hydrogen-bond acceptors (Lipinski definition) is 4. The molecule has 2 heterocycles. The molecule has 1 fully saturated rings. The molecule has 0 radical (unpaired) electrons. The highest BCUT2D eigenvalue weighted by atomic mass is 19.4. The third kappa shape index (κ3) is 5.43. The quantitative estimate of drug-likeness (QED) is 0.215. The van der Waals surface area contributed by atoms with Gasteiger partial charge in [0.05, 0.1) is 11.9 Å². The number of halogens is 3. The van der Waals surface area contributed by atoms with Crippen molar-refractivity contribution >= 4 is 5.97 Å². The molecule has 0 spiro atoms. The number of aromatic nitrogens is 3. The van der Waals surface area contributed by atoms with Gasteiger partial charge < -0.3 is 9.84 Å². The van der Waals surface area contributed by atoms with Crippen molar-refractivity contribution in [1.29, 1.82) is 0 Å². The van der Waals surface area contributed by atoms with Crippen LogP contribution < -0.4 is 4.74 Å². The first kappa shape index (κ1) is 26.3. The van der Waals surface area contributed by atoms with Crippen LogP contribution in [0.1, 0.15) is 51.0 Å². The number of carboxylic acid groups (broad SMARTS) is 1. The molecule has 9 heteroatoms. The lowest BCUT2D eigenvalue weighted by Crippen LogP contribution is -2.18. The number of benzene rings is 3. The number of nitrogens with zero attached hydrogens (tertiary/aromatic N) is 3. The van der Waals surface area contributed by atoms with Crippen molar-refractivity contribution in [2.24, 2.45) is 0 Å². The summed E-state index contributed by atoms with van der Waals surface area (Å²) in [5.74, 6) is -0.305. The van der Waals surface area contributed by atoms with Crippen molar-refractivity contribution in [3.05, 3.63) is 131 Å². The van der Waals surface area contributed by atoms with Crippen LogP contribution in [-0.4, -0.2) is 25.8 Å². The van der Waals surface area contributed by atoms with E-state index in [4.69, 9.17) is 4.74 Å². The Balaban J connectivity index is 1.20. The molecule has 5 aromatic rings. The van der Waals surface area contributed by atoms with Crippen LogP contribution in [0.2, 0.25) is 0 Å². The molecule has 0 saturated heterocycles. The van der Waals surface area contributed by atoms with Gasteiger partial charge in [-0.2, -0.15) is 18.3 Å². The Morgan fingerprint density at radius 2 is 1.56 bits per heavy atom. The summed E-state index contributed by atoms with van der Waals surface area (Å²) in [6.45, 7) is 0.295. The predicted molar refractivity (Wildman–Crippen MR) is 146 cm³/mol. The molecule has 41 heavy (non-hydrogen) atoms. The zero-order chi connectivity index (χ0) is 28.6.